The van der Waals surface area contributed by atoms with Gasteiger partial charge in [0.2, 0.25) is 0 Å². The van der Waals surface area contributed by atoms with Crippen molar-refractivity contribution in [1.29, 1.82) is 0 Å². The predicted molar refractivity (Wildman–Crippen MR) is 75.7 cm³/mol. The minimum absolute atomic E-state index is 0.299. The van der Waals surface area contributed by atoms with Gasteiger partial charge in [-0.25, -0.2) is 4.99 Å². The van der Waals surface area contributed by atoms with Crippen molar-refractivity contribution >= 4 is 11.5 Å². The fourth-order valence-electron chi connectivity index (χ4n) is 2.27. The van der Waals surface area contributed by atoms with Gasteiger partial charge >= 0.3 is 0 Å². The molecule has 1 aliphatic carbocycles. The molecule has 0 bridgehead atoms. The molecule has 0 heterocycles. The van der Waals surface area contributed by atoms with E-state index in [-0.39, 0.29) is 6.04 Å². The van der Waals surface area contributed by atoms with Gasteiger partial charge < -0.3 is 20.9 Å². The number of aliphatic hydroxyl groups excluding tert-OH is 1. The van der Waals surface area contributed by atoms with Crippen LogP contribution in [0.25, 0.3) is 0 Å². The Hall–Kier alpha value is -1.43. The molecular weight excluding hydrogens is 242 g/mol. The number of aliphatic hydroxyl groups is 1. The molecule has 0 radical (unpaired) electrons. The first-order valence-corrected chi connectivity index (χ1v) is 6.46. The molecule has 104 valence electrons. The Kier molecular flexibility index (Phi) is 4.52. The fourth-order valence-corrected chi connectivity index (χ4v) is 2.27. The van der Waals surface area contributed by atoms with Crippen LogP contribution in [0.2, 0.25) is 0 Å². The molecule has 4 N–H and O–H groups in total. The van der Waals surface area contributed by atoms with E-state index in [2.05, 4.69) is 10.3 Å². The van der Waals surface area contributed by atoms with Crippen LogP contribution in [-0.2, 0) is 11.2 Å². The van der Waals surface area contributed by atoms with E-state index in [1.165, 1.54) is 0 Å². The largest absolute Gasteiger partial charge is 0.391 e. The Morgan fingerprint density at radius 3 is 3.11 bits per heavy atom. The lowest BCUT2D eigenvalue weighted by atomic mass is 10.1. The Balaban J connectivity index is 2.08. The fraction of sp³-hybridized carbons (Fsp3) is 0.500. The lowest BCUT2D eigenvalue weighted by molar-refractivity contribution is 0.158. The van der Waals surface area contributed by atoms with E-state index in [1.807, 2.05) is 25.1 Å². The molecule has 0 aromatic heterocycles. The highest BCUT2D eigenvalue weighted by atomic mass is 16.5. The summed E-state index contributed by atoms with van der Waals surface area (Å²) in [5, 5.41) is 12.9. The zero-order chi connectivity index (χ0) is 13.8. The molecule has 1 aromatic carbocycles. The number of nitrogens with two attached hydrogens (primary N) is 1. The summed E-state index contributed by atoms with van der Waals surface area (Å²) in [6, 6.07) is 5.60. The third-order valence-electron chi connectivity index (χ3n) is 3.32. The van der Waals surface area contributed by atoms with Gasteiger partial charge in [-0.2, -0.15) is 0 Å². The maximum atomic E-state index is 9.75. The van der Waals surface area contributed by atoms with E-state index in [4.69, 9.17) is 10.5 Å². The van der Waals surface area contributed by atoms with Crippen LogP contribution in [0.4, 0.5) is 5.69 Å². The number of aliphatic imine (C=N–C) groups is 1. The summed E-state index contributed by atoms with van der Waals surface area (Å²) in [7, 11) is 1.67. The molecule has 1 aliphatic rings. The van der Waals surface area contributed by atoms with Gasteiger partial charge in [0.1, 0.15) is 0 Å². The van der Waals surface area contributed by atoms with Crippen LogP contribution in [0.1, 0.15) is 24.1 Å². The van der Waals surface area contributed by atoms with Crippen molar-refractivity contribution in [3.05, 3.63) is 29.3 Å². The minimum atomic E-state index is -0.477. The first-order valence-electron chi connectivity index (χ1n) is 6.46. The van der Waals surface area contributed by atoms with Crippen LogP contribution in [-0.4, -0.2) is 37.3 Å². The summed E-state index contributed by atoms with van der Waals surface area (Å²) in [4.78, 5) is 4.48. The molecule has 0 fully saturated rings. The minimum Gasteiger partial charge on any atom is -0.391 e. The van der Waals surface area contributed by atoms with E-state index in [0.717, 1.165) is 29.2 Å². The Labute approximate surface area is 113 Å². The van der Waals surface area contributed by atoms with Gasteiger partial charge in [0.15, 0.2) is 0 Å². The summed E-state index contributed by atoms with van der Waals surface area (Å²) in [6.45, 7) is 3.29. The van der Waals surface area contributed by atoms with Crippen LogP contribution < -0.4 is 11.1 Å². The SMILES string of the molecule is COCCNC(C)=Nc1ccc2c(c1)[C@@H](N)[C@H](O)C2. The van der Waals surface area contributed by atoms with Crippen molar-refractivity contribution in [1.82, 2.24) is 5.32 Å². The van der Waals surface area contributed by atoms with Crippen molar-refractivity contribution in [2.75, 3.05) is 20.3 Å². The normalized spacial score (nSPS) is 22.4. The molecule has 0 spiro atoms. The number of amidine groups is 1. The number of nitrogens with one attached hydrogen (secondary N) is 1. The van der Waals surface area contributed by atoms with Gasteiger partial charge in [0, 0.05) is 20.1 Å². The number of benzene rings is 1. The predicted octanol–water partition coefficient (Wildman–Crippen LogP) is 0.889. The van der Waals surface area contributed by atoms with Crippen molar-refractivity contribution in [2.45, 2.75) is 25.5 Å². The van der Waals surface area contributed by atoms with E-state index in [9.17, 15) is 5.11 Å². The number of methoxy groups -OCH3 is 1. The number of nitrogens with zero attached hydrogens (tertiary/aromatic N) is 1. The zero-order valence-electron chi connectivity index (χ0n) is 11.4. The van der Waals surface area contributed by atoms with E-state index >= 15 is 0 Å². The second-order valence-corrected chi connectivity index (χ2v) is 4.80. The lowest BCUT2D eigenvalue weighted by Crippen LogP contribution is -2.24. The van der Waals surface area contributed by atoms with Gasteiger partial charge in [0.05, 0.1) is 30.3 Å². The summed E-state index contributed by atoms with van der Waals surface area (Å²) >= 11 is 0. The number of hydrogen-bond donors (Lipinski definition) is 3. The van der Waals surface area contributed by atoms with Crippen molar-refractivity contribution in [3.63, 3.8) is 0 Å². The maximum Gasteiger partial charge on any atom is 0.0991 e. The average Bonchev–Trinajstić information content (AvgIpc) is 2.66. The molecule has 5 nitrogen and oxygen atoms in total. The molecule has 0 aliphatic heterocycles. The number of rotatable bonds is 4. The topological polar surface area (TPSA) is 79.9 Å². The van der Waals surface area contributed by atoms with Gasteiger partial charge in [-0.15, -0.1) is 0 Å². The van der Waals surface area contributed by atoms with Gasteiger partial charge in [-0.1, -0.05) is 6.07 Å². The van der Waals surface area contributed by atoms with Crippen LogP contribution >= 0.6 is 0 Å². The number of ether oxygens (including phenoxy) is 1. The van der Waals surface area contributed by atoms with Crippen molar-refractivity contribution in [2.24, 2.45) is 10.7 Å². The Bertz CT molecular complexity index is 474. The molecule has 5 heteroatoms. The van der Waals surface area contributed by atoms with Crippen molar-refractivity contribution in [3.8, 4) is 0 Å². The van der Waals surface area contributed by atoms with Gasteiger partial charge in [-0.3, -0.25) is 0 Å². The summed E-state index contributed by atoms with van der Waals surface area (Å²) in [5.41, 5.74) is 8.92. The van der Waals surface area contributed by atoms with Crippen LogP contribution in [0.15, 0.2) is 23.2 Å². The second kappa shape index (κ2) is 6.14. The first kappa shape index (κ1) is 14.0. The standard InChI is InChI=1S/C14H21N3O2/c1-9(16-5-6-19-2)17-11-4-3-10-7-13(18)14(15)12(10)8-11/h3-4,8,13-14,18H,5-7,15H2,1-2H3,(H,16,17)/t13-,14-/m1/s1. The molecule has 0 unspecified atom stereocenters. The zero-order valence-corrected chi connectivity index (χ0v) is 11.4. The number of hydrogen-bond acceptors (Lipinski definition) is 4. The molecule has 1 aromatic rings. The van der Waals surface area contributed by atoms with E-state index in [1.54, 1.807) is 7.11 Å². The molecule has 19 heavy (non-hydrogen) atoms. The molecule has 0 saturated carbocycles. The molecule has 0 saturated heterocycles. The second-order valence-electron chi connectivity index (χ2n) is 4.80. The molecule has 2 rings (SSSR count). The van der Waals surface area contributed by atoms with Crippen LogP contribution in [0.3, 0.4) is 0 Å². The van der Waals surface area contributed by atoms with Crippen LogP contribution in [0.5, 0.6) is 0 Å². The van der Waals surface area contributed by atoms with Crippen LogP contribution in [0, 0.1) is 0 Å². The monoisotopic (exact) mass is 263 g/mol. The third-order valence-corrected chi connectivity index (χ3v) is 3.32. The average molecular weight is 263 g/mol. The lowest BCUT2D eigenvalue weighted by Gasteiger charge is -2.09. The summed E-state index contributed by atoms with van der Waals surface area (Å²) < 4.78 is 4.97. The highest BCUT2D eigenvalue weighted by Crippen LogP contribution is 2.32. The van der Waals surface area contributed by atoms with Crippen molar-refractivity contribution < 1.29 is 9.84 Å². The Morgan fingerprint density at radius 1 is 1.58 bits per heavy atom. The van der Waals surface area contributed by atoms with E-state index in [0.29, 0.717) is 13.0 Å². The first-order chi connectivity index (χ1) is 9.11. The quantitative estimate of drug-likeness (QED) is 0.428. The Morgan fingerprint density at radius 2 is 2.37 bits per heavy atom. The highest BCUT2D eigenvalue weighted by Gasteiger charge is 2.27. The number of fused-ring (bicyclic) bond motifs is 1. The van der Waals surface area contributed by atoms with E-state index < -0.39 is 6.10 Å². The summed E-state index contributed by atoms with van der Waals surface area (Å²) in [6.07, 6.45) is 0.154. The van der Waals surface area contributed by atoms with Gasteiger partial charge in [0.25, 0.3) is 0 Å². The molecular formula is C14H21N3O2. The summed E-state index contributed by atoms with van der Waals surface area (Å²) in [5.74, 6) is 0.837. The van der Waals surface area contributed by atoms with Gasteiger partial charge in [-0.05, 0) is 30.2 Å². The third kappa shape index (κ3) is 3.32. The molecule has 2 atom stereocenters. The molecule has 0 amide bonds. The highest BCUT2D eigenvalue weighted by molar-refractivity contribution is 5.82. The smallest absolute Gasteiger partial charge is 0.0991 e. The maximum absolute atomic E-state index is 9.75.